The SMILES string of the molecule is CCCCNC(=O)NC(=O)CN(C)C1CCC(C)CC1. The zero-order chi connectivity index (χ0) is 15.0. The first-order valence-corrected chi connectivity index (χ1v) is 7.80. The fourth-order valence-electron chi connectivity index (χ4n) is 2.63. The highest BCUT2D eigenvalue weighted by Crippen LogP contribution is 2.26. The molecule has 0 aromatic rings. The van der Waals surface area contributed by atoms with E-state index in [2.05, 4.69) is 29.4 Å². The van der Waals surface area contributed by atoms with Crippen LogP contribution >= 0.6 is 0 Å². The van der Waals surface area contributed by atoms with Crippen molar-refractivity contribution >= 4 is 11.9 Å². The number of hydrogen-bond acceptors (Lipinski definition) is 3. The number of unbranched alkanes of at least 4 members (excludes halogenated alkanes) is 1. The molecule has 0 spiro atoms. The molecule has 0 aromatic carbocycles. The second kappa shape index (κ2) is 8.95. The summed E-state index contributed by atoms with van der Waals surface area (Å²) in [4.78, 5) is 25.3. The average molecular weight is 283 g/mol. The quantitative estimate of drug-likeness (QED) is 0.734. The van der Waals surface area contributed by atoms with Gasteiger partial charge in [-0.2, -0.15) is 0 Å². The van der Waals surface area contributed by atoms with Crippen LogP contribution in [0.1, 0.15) is 52.4 Å². The Bertz CT molecular complexity index is 312. The highest BCUT2D eigenvalue weighted by atomic mass is 16.2. The maximum atomic E-state index is 11.8. The van der Waals surface area contributed by atoms with E-state index >= 15 is 0 Å². The Morgan fingerprint density at radius 2 is 1.85 bits per heavy atom. The number of amides is 3. The van der Waals surface area contributed by atoms with Gasteiger partial charge in [0.2, 0.25) is 5.91 Å². The zero-order valence-electron chi connectivity index (χ0n) is 13.1. The molecular weight excluding hydrogens is 254 g/mol. The zero-order valence-corrected chi connectivity index (χ0v) is 13.1. The van der Waals surface area contributed by atoms with Crippen molar-refractivity contribution in [3.63, 3.8) is 0 Å². The van der Waals surface area contributed by atoms with Crippen molar-refractivity contribution in [3.8, 4) is 0 Å². The molecule has 0 heterocycles. The van der Waals surface area contributed by atoms with Gasteiger partial charge in [-0.1, -0.05) is 20.3 Å². The van der Waals surface area contributed by atoms with Crippen molar-refractivity contribution in [1.29, 1.82) is 0 Å². The molecule has 0 atom stereocenters. The normalized spacial score (nSPS) is 22.6. The minimum Gasteiger partial charge on any atom is -0.338 e. The largest absolute Gasteiger partial charge is 0.338 e. The van der Waals surface area contributed by atoms with Crippen LogP contribution in [0.3, 0.4) is 0 Å². The molecule has 5 nitrogen and oxygen atoms in total. The van der Waals surface area contributed by atoms with Crippen molar-refractivity contribution in [2.24, 2.45) is 5.92 Å². The molecule has 5 heteroatoms. The van der Waals surface area contributed by atoms with Gasteiger partial charge in [0.05, 0.1) is 6.54 Å². The van der Waals surface area contributed by atoms with Crippen LogP contribution in [0.2, 0.25) is 0 Å². The Morgan fingerprint density at radius 1 is 1.20 bits per heavy atom. The van der Waals surface area contributed by atoms with E-state index in [0.717, 1.165) is 31.6 Å². The maximum absolute atomic E-state index is 11.8. The Kier molecular flexibility index (Phi) is 7.59. The van der Waals surface area contributed by atoms with E-state index < -0.39 is 0 Å². The number of urea groups is 1. The first kappa shape index (κ1) is 17.0. The summed E-state index contributed by atoms with van der Waals surface area (Å²) in [5.74, 6) is 0.581. The molecule has 0 aliphatic heterocycles. The third-order valence-electron chi connectivity index (χ3n) is 4.07. The fourth-order valence-corrected chi connectivity index (χ4v) is 2.63. The molecule has 1 saturated carbocycles. The van der Waals surface area contributed by atoms with Gasteiger partial charge in [0, 0.05) is 12.6 Å². The predicted molar refractivity (Wildman–Crippen MR) is 80.5 cm³/mol. The number of nitrogens with one attached hydrogen (secondary N) is 2. The minimum atomic E-state index is -0.380. The summed E-state index contributed by atoms with van der Waals surface area (Å²) in [6.07, 6.45) is 6.71. The third kappa shape index (κ3) is 6.37. The van der Waals surface area contributed by atoms with Crippen LogP contribution in [0.4, 0.5) is 4.79 Å². The number of imide groups is 1. The molecule has 116 valence electrons. The van der Waals surface area contributed by atoms with Crippen molar-refractivity contribution in [2.45, 2.75) is 58.4 Å². The summed E-state index contributed by atoms with van der Waals surface area (Å²) in [6, 6.07) is 0.0919. The van der Waals surface area contributed by atoms with Gasteiger partial charge in [0.15, 0.2) is 0 Å². The molecule has 1 aliphatic carbocycles. The first-order valence-electron chi connectivity index (χ1n) is 7.80. The maximum Gasteiger partial charge on any atom is 0.321 e. The molecule has 0 unspecified atom stereocenters. The highest BCUT2D eigenvalue weighted by Gasteiger charge is 2.23. The predicted octanol–water partition coefficient (Wildman–Crippen LogP) is 2.12. The molecule has 0 saturated heterocycles. The number of hydrogen-bond donors (Lipinski definition) is 2. The lowest BCUT2D eigenvalue weighted by molar-refractivity contribution is -0.121. The third-order valence-corrected chi connectivity index (χ3v) is 4.07. The van der Waals surface area contributed by atoms with Crippen LogP contribution in [0, 0.1) is 5.92 Å². The summed E-state index contributed by atoms with van der Waals surface area (Å²) in [6.45, 7) is 5.25. The van der Waals surface area contributed by atoms with E-state index in [1.165, 1.54) is 12.8 Å². The first-order chi connectivity index (χ1) is 9.52. The smallest absolute Gasteiger partial charge is 0.321 e. The average Bonchev–Trinajstić information content (AvgIpc) is 2.39. The lowest BCUT2D eigenvalue weighted by atomic mass is 9.87. The second-order valence-corrected chi connectivity index (χ2v) is 5.99. The summed E-state index contributed by atoms with van der Waals surface area (Å²) in [5, 5.41) is 5.07. The van der Waals surface area contributed by atoms with Gasteiger partial charge in [-0.3, -0.25) is 15.0 Å². The van der Waals surface area contributed by atoms with Crippen LogP contribution in [-0.2, 0) is 4.79 Å². The second-order valence-electron chi connectivity index (χ2n) is 5.99. The summed E-state index contributed by atoms with van der Waals surface area (Å²) < 4.78 is 0. The van der Waals surface area contributed by atoms with Crippen LogP contribution < -0.4 is 10.6 Å². The van der Waals surface area contributed by atoms with Crippen LogP contribution in [0.5, 0.6) is 0 Å². The Labute approximate surface area is 122 Å². The molecule has 3 amide bonds. The lowest BCUT2D eigenvalue weighted by Gasteiger charge is -2.33. The van der Waals surface area contributed by atoms with Gasteiger partial charge >= 0.3 is 6.03 Å². The van der Waals surface area contributed by atoms with E-state index in [0.29, 0.717) is 19.1 Å². The van der Waals surface area contributed by atoms with E-state index in [4.69, 9.17) is 0 Å². The molecule has 2 N–H and O–H groups in total. The van der Waals surface area contributed by atoms with E-state index in [-0.39, 0.29) is 11.9 Å². The van der Waals surface area contributed by atoms with Crippen LogP contribution in [0.25, 0.3) is 0 Å². The summed E-state index contributed by atoms with van der Waals surface area (Å²) in [7, 11) is 1.97. The lowest BCUT2D eigenvalue weighted by Crippen LogP contribution is -2.46. The molecule has 0 radical (unpaired) electrons. The van der Waals surface area contributed by atoms with Gasteiger partial charge < -0.3 is 5.32 Å². The number of rotatable bonds is 6. The Balaban J connectivity index is 2.22. The Hall–Kier alpha value is -1.10. The van der Waals surface area contributed by atoms with Crippen LogP contribution in [-0.4, -0.2) is 43.0 Å². The monoisotopic (exact) mass is 283 g/mol. The molecule has 0 aromatic heterocycles. The van der Waals surface area contributed by atoms with Crippen molar-refractivity contribution in [2.75, 3.05) is 20.1 Å². The molecule has 1 rings (SSSR count). The van der Waals surface area contributed by atoms with Gasteiger partial charge in [0.25, 0.3) is 0 Å². The van der Waals surface area contributed by atoms with Gasteiger partial charge in [-0.05, 0) is 45.1 Å². The summed E-state index contributed by atoms with van der Waals surface area (Å²) >= 11 is 0. The molecule has 20 heavy (non-hydrogen) atoms. The van der Waals surface area contributed by atoms with E-state index in [9.17, 15) is 9.59 Å². The number of carbonyl (C=O) groups is 2. The minimum absolute atomic E-state index is 0.222. The van der Waals surface area contributed by atoms with Gasteiger partial charge in [0.1, 0.15) is 0 Å². The van der Waals surface area contributed by atoms with Crippen molar-refractivity contribution < 1.29 is 9.59 Å². The topological polar surface area (TPSA) is 61.4 Å². The van der Waals surface area contributed by atoms with Gasteiger partial charge in [-0.25, -0.2) is 4.79 Å². The van der Waals surface area contributed by atoms with E-state index in [1.54, 1.807) is 0 Å². The van der Waals surface area contributed by atoms with Gasteiger partial charge in [-0.15, -0.1) is 0 Å². The molecule has 1 aliphatic rings. The van der Waals surface area contributed by atoms with Crippen molar-refractivity contribution in [1.82, 2.24) is 15.5 Å². The summed E-state index contributed by atoms with van der Waals surface area (Å²) in [5.41, 5.74) is 0. The number of nitrogens with zero attached hydrogens (tertiary/aromatic N) is 1. The Morgan fingerprint density at radius 3 is 2.45 bits per heavy atom. The molecular formula is C15H29N3O2. The fraction of sp³-hybridized carbons (Fsp3) is 0.867. The van der Waals surface area contributed by atoms with E-state index in [1.807, 2.05) is 7.05 Å². The highest BCUT2D eigenvalue weighted by molar-refractivity contribution is 5.95. The standard InChI is InChI=1S/C15H29N3O2/c1-4-5-10-16-15(20)17-14(19)11-18(3)13-8-6-12(2)7-9-13/h12-13H,4-11H2,1-3H3,(H2,16,17,19,20). The number of carbonyl (C=O) groups excluding carboxylic acids is 2. The molecule has 1 fully saturated rings. The number of likely N-dealkylation sites (N-methyl/N-ethyl adjacent to an activating group) is 1. The van der Waals surface area contributed by atoms with Crippen molar-refractivity contribution in [3.05, 3.63) is 0 Å². The molecule has 0 bridgehead atoms. The van der Waals surface area contributed by atoms with Crippen LogP contribution in [0.15, 0.2) is 0 Å².